The van der Waals surface area contributed by atoms with Crippen LogP contribution >= 0.6 is 0 Å². The third-order valence-corrected chi connectivity index (χ3v) is 2.73. The van der Waals surface area contributed by atoms with Crippen molar-refractivity contribution in [1.29, 1.82) is 0 Å². The quantitative estimate of drug-likeness (QED) is 0.732. The van der Waals surface area contributed by atoms with Crippen LogP contribution in [0.5, 0.6) is 0 Å². The third kappa shape index (κ3) is 3.18. The number of morpholine rings is 1. The van der Waals surface area contributed by atoms with Crippen LogP contribution in [0.2, 0.25) is 0 Å². The maximum absolute atomic E-state index is 12.0. The zero-order valence-corrected chi connectivity index (χ0v) is 10.1. The first-order valence-corrected chi connectivity index (χ1v) is 5.61. The Hall–Kier alpha value is -0.610. The second-order valence-electron chi connectivity index (χ2n) is 4.77. The monoisotopic (exact) mass is 214 g/mol. The van der Waals surface area contributed by atoms with E-state index in [1.54, 1.807) is 0 Å². The van der Waals surface area contributed by atoms with E-state index in [4.69, 9.17) is 10.5 Å². The molecule has 0 radical (unpaired) electrons. The fourth-order valence-corrected chi connectivity index (χ4v) is 1.85. The minimum atomic E-state index is -0.387. The average Bonchev–Trinajstić information content (AvgIpc) is 2.13. The van der Waals surface area contributed by atoms with Crippen molar-refractivity contribution in [2.75, 3.05) is 13.1 Å². The lowest BCUT2D eigenvalue weighted by Crippen LogP contribution is -2.54. The number of hydrogen-bond donors (Lipinski definition) is 1. The van der Waals surface area contributed by atoms with E-state index in [1.807, 2.05) is 32.6 Å². The van der Waals surface area contributed by atoms with Crippen LogP contribution in [0.4, 0.5) is 0 Å². The Morgan fingerprint density at radius 2 is 1.80 bits per heavy atom. The van der Waals surface area contributed by atoms with Crippen molar-refractivity contribution in [1.82, 2.24) is 4.90 Å². The molecule has 1 amide bonds. The molecule has 1 heterocycles. The van der Waals surface area contributed by atoms with Crippen LogP contribution < -0.4 is 5.73 Å². The SMILES string of the molecule is CC(C)C(N)C(=O)N1C[C@@H](C)O[C@@H](C)C1. The van der Waals surface area contributed by atoms with Gasteiger partial charge in [-0.15, -0.1) is 0 Å². The number of rotatable bonds is 2. The molecule has 1 rings (SSSR count). The predicted molar refractivity (Wildman–Crippen MR) is 59.4 cm³/mol. The highest BCUT2D eigenvalue weighted by molar-refractivity contribution is 5.82. The van der Waals surface area contributed by atoms with E-state index in [1.165, 1.54) is 0 Å². The molecule has 0 bridgehead atoms. The standard InChI is InChI=1S/C11H22N2O2/c1-7(2)10(12)11(14)13-5-8(3)15-9(4)6-13/h7-10H,5-6,12H2,1-4H3/t8-,9+,10?. The van der Waals surface area contributed by atoms with Crippen molar-refractivity contribution in [3.05, 3.63) is 0 Å². The van der Waals surface area contributed by atoms with E-state index in [9.17, 15) is 4.79 Å². The average molecular weight is 214 g/mol. The van der Waals surface area contributed by atoms with Gasteiger partial charge in [0, 0.05) is 13.1 Å². The molecule has 1 aliphatic heterocycles. The van der Waals surface area contributed by atoms with Crippen LogP contribution in [0, 0.1) is 5.92 Å². The summed E-state index contributed by atoms with van der Waals surface area (Å²) in [5.74, 6) is 0.234. The Balaban J connectivity index is 2.59. The topological polar surface area (TPSA) is 55.6 Å². The molecule has 88 valence electrons. The minimum Gasteiger partial charge on any atom is -0.372 e. The summed E-state index contributed by atoms with van der Waals surface area (Å²) in [6.07, 6.45) is 0.217. The molecule has 0 aromatic rings. The summed E-state index contributed by atoms with van der Waals surface area (Å²) >= 11 is 0. The van der Waals surface area contributed by atoms with Gasteiger partial charge in [-0.05, 0) is 19.8 Å². The van der Waals surface area contributed by atoms with Gasteiger partial charge in [0.2, 0.25) is 5.91 Å². The number of hydrogen-bond acceptors (Lipinski definition) is 3. The Morgan fingerprint density at radius 1 is 1.33 bits per heavy atom. The highest BCUT2D eigenvalue weighted by Crippen LogP contribution is 2.13. The van der Waals surface area contributed by atoms with E-state index in [0.717, 1.165) is 0 Å². The summed E-state index contributed by atoms with van der Waals surface area (Å²) in [7, 11) is 0. The molecule has 3 atom stereocenters. The maximum Gasteiger partial charge on any atom is 0.239 e. The molecule has 4 nitrogen and oxygen atoms in total. The van der Waals surface area contributed by atoms with Gasteiger partial charge in [-0.3, -0.25) is 4.79 Å². The van der Waals surface area contributed by atoms with Gasteiger partial charge in [-0.2, -0.15) is 0 Å². The Morgan fingerprint density at radius 3 is 2.20 bits per heavy atom. The fraction of sp³-hybridized carbons (Fsp3) is 0.909. The Labute approximate surface area is 91.8 Å². The second kappa shape index (κ2) is 4.94. The first-order valence-electron chi connectivity index (χ1n) is 5.61. The van der Waals surface area contributed by atoms with Crippen LogP contribution in [0.1, 0.15) is 27.7 Å². The molecule has 1 fully saturated rings. The van der Waals surface area contributed by atoms with Crippen LogP contribution in [-0.4, -0.2) is 42.1 Å². The van der Waals surface area contributed by atoms with Gasteiger partial charge >= 0.3 is 0 Å². The summed E-state index contributed by atoms with van der Waals surface area (Å²) in [6.45, 7) is 9.21. The summed E-state index contributed by atoms with van der Waals surface area (Å²) in [6, 6.07) is -0.387. The number of nitrogens with two attached hydrogens (primary N) is 1. The molecule has 1 saturated heterocycles. The second-order valence-corrected chi connectivity index (χ2v) is 4.77. The van der Waals surface area contributed by atoms with Crippen LogP contribution in [0.25, 0.3) is 0 Å². The molecule has 0 aliphatic carbocycles. The van der Waals surface area contributed by atoms with Gasteiger partial charge in [0.15, 0.2) is 0 Å². The van der Waals surface area contributed by atoms with E-state index >= 15 is 0 Å². The predicted octanol–water partition coefficient (Wildman–Crippen LogP) is 0.605. The Kier molecular flexibility index (Phi) is 4.11. The van der Waals surface area contributed by atoms with E-state index in [2.05, 4.69) is 0 Å². The number of carbonyl (C=O) groups excluding carboxylic acids is 1. The van der Waals surface area contributed by atoms with Crippen molar-refractivity contribution in [3.63, 3.8) is 0 Å². The van der Waals surface area contributed by atoms with Gasteiger partial charge in [0.1, 0.15) is 0 Å². The van der Waals surface area contributed by atoms with E-state index in [-0.39, 0.29) is 30.1 Å². The zero-order valence-electron chi connectivity index (χ0n) is 10.1. The number of carbonyl (C=O) groups is 1. The number of ether oxygens (including phenoxy) is 1. The van der Waals surface area contributed by atoms with Gasteiger partial charge in [-0.25, -0.2) is 0 Å². The van der Waals surface area contributed by atoms with Crippen LogP contribution in [0.3, 0.4) is 0 Å². The van der Waals surface area contributed by atoms with Crippen LogP contribution in [0.15, 0.2) is 0 Å². The first-order chi connectivity index (χ1) is 6.91. The fourth-order valence-electron chi connectivity index (χ4n) is 1.85. The maximum atomic E-state index is 12.0. The van der Waals surface area contributed by atoms with Gasteiger partial charge in [0.25, 0.3) is 0 Å². The highest BCUT2D eigenvalue weighted by atomic mass is 16.5. The molecule has 0 aromatic carbocycles. The molecule has 0 spiro atoms. The lowest BCUT2D eigenvalue weighted by molar-refractivity contribution is -0.145. The van der Waals surface area contributed by atoms with Gasteiger partial charge < -0.3 is 15.4 Å². The molecular weight excluding hydrogens is 192 g/mol. The third-order valence-electron chi connectivity index (χ3n) is 2.73. The van der Waals surface area contributed by atoms with Crippen molar-refractivity contribution in [2.45, 2.75) is 45.9 Å². The van der Waals surface area contributed by atoms with Crippen molar-refractivity contribution >= 4 is 5.91 Å². The first kappa shape index (κ1) is 12.5. The van der Waals surface area contributed by atoms with E-state index < -0.39 is 0 Å². The largest absolute Gasteiger partial charge is 0.372 e. The minimum absolute atomic E-state index is 0.0481. The summed E-state index contributed by atoms with van der Waals surface area (Å²) < 4.78 is 5.57. The molecule has 4 heteroatoms. The van der Waals surface area contributed by atoms with Crippen LogP contribution in [-0.2, 0) is 9.53 Å². The molecule has 0 saturated carbocycles. The summed E-state index contributed by atoms with van der Waals surface area (Å²) in [5.41, 5.74) is 5.85. The van der Waals surface area contributed by atoms with Gasteiger partial charge in [-0.1, -0.05) is 13.8 Å². The van der Waals surface area contributed by atoms with Crippen molar-refractivity contribution in [2.24, 2.45) is 11.7 Å². The van der Waals surface area contributed by atoms with Crippen molar-refractivity contribution in [3.8, 4) is 0 Å². The lowest BCUT2D eigenvalue weighted by atomic mass is 10.0. The van der Waals surface area contributed by atoms with Crippen molar-refractivity contribution < 1.29 is 9.53 Å². The summed E-state index contributed by atoms with van der Waals surface area (Å²) in [4.78, 5) is 13.8. The molecular formula is C11H22N2O2. The highest BCUT2D eigenvalue weighted by Gasteiger charge is 2.29. The zero-order chi connectivity index (χ0) is 11.6. The molecule has 1 aliphatic rings. The number of nitrogens with zero attached hydrogens (tertiary/aromatic N) is 1. The smallest absolute Gasteiger partial charge is 0.239 e. The normalized spacial score (nSPS) is 29.3. The molecule has 0 aromatic heterocycles. The molecule has 1 unspecified atom stereocenters. The van der Waals surface area contributed by atoms with Gasteiger partial charge in [0.05, 0.1) is 18.2 Å². The number of amides is 1. The lowest BCUT2D eigenvalue weighted by Gasteiger charge is -2.37. The molecule has 15 heavy (non-hydrogen) atoms. The Bertz CT molecular complexity index is 221. The van der Waals surface area contributed by atoms with E-state index in [0.29, 0.717) is 13.1 Å². The molecule has 2 N–H and O–H groups in total. The summed E-state index contributed by atoms with van der Waals surface area (Å²) in [5, 5.41) is 0.